The highest BCUT2D eigenvalue weighted by Crippen LogP contribution is 2.37. The second-order valence-electron chi connectivity index (χ2n) is 3.73. The van der Waals surface area contributed by atoms with E-state index in [1.165, 1.54) is 19.2 Å². The van der Waals surface area contributed by atoms with E-state index in [1.54, 1.807) is 6.92 Å². The molecule has 2 atom stereocenters. The minimum atomic E-state index is -2.06. The van der Waals surface area contributed by atoms with Gasteiger partial charge < -0.3 is 20.3 Å². The van der Waals surface area contributed by atoms with Gasteiger partial charge >= 0.3 is 5.97 Å². The number of methoxy groups -OCH3 is 1. The van der Waals surface area contributed by atoms with Gasteiger partial charge in [-0.05, 0) is 35.0 Å². The second-order valence-corrected chi connectivity index (χ2v) is 4.58. The van der Waals surface area contributed by atoms with Crippen molar-refractivity contribution < 1.29 is 23.8 Å². The predicted octanol–water partition coefficient (Wildman–Crippen LogP) is 2.06. The smallest absolute Gasteiger partial charge is 0.342 e. The van der Waals surface area contributed by atoms with Crippen molar-refractivity contribution in [2.24, 2.45) is 5.73 Å². The zero-order valence-electron chi connectivity index (χ0n) is 10.5. The Morgan fingerprint density at radius 2 is 2.21 bits per heavy atom. The number of carbonyl (C=O) groups is 1. The summed E-state index contributed by atoms with van der Waals surface area (Å²) in [5.41, 5.74) is 5.71. The van der Waals surface area contributed by atoms with E-state index < -0.39 is 18.2 Å². The van der Waals surface area contributed by atoms with Crippen LogP contribution in [0.5, 0.6) is 11.5 Å². The number of aromatic hydroxyl groups is 1. The molecule has 5 nitrogen and oxygen atoms in total. The zero-order valence-corrected chi connectivity index (χ0v) is 12.1. The van der Waals surface area contributed by atoms with Gasteiger partial charge in [0.15, 0.2) is 0 Å². The van der Waals surface area contributed by atoms with E-state index in [-0.39, 0.29) is 17.9 Å². The van der Waals surface area contributed by atoms with Gasteiger partial charge in [0.05, 0.1) is 24.2 Å². The van der Waals surface area contributed by atoms with Crippen molar-refractivity contribution >= 4 is 21.9 Å². The maximum absolute atomic E-state index is 13.8. The third-order valence-corrected chi connectivity index (χ3v) is 3.09. The van der Waals surface area contributed by atoms with E-state index in [1.807, 2.05) is 0 Å². The van der Waals surface area contributed by atoms with Gasteiger partial charge in [-0.2, -0.15) is 0 Å². The molecule has 0 amide bonds. The lowest BCUT2D eigenvalue weighted by Crippen LogP contribution is -2.31. The van der Waals surface area contributed by atoms with Crippen molar-refractivity contribution in [2.45, 2.75) is 19.1 Å². The van der Waals surface area contributed by atoms with Crippen molar-refractivity contribution in [1.82, 2.24) is 0 Å². The third-order valence-electron chi connectivity index (χ3n) is 2.49. The van der Waals surface area contributed by atoms with Crippen LogP contribution in [0.3, 0.4) is 0 Å². The van der Waals surface area contributed by atoms with E-state index in [4.69, 9.17) is 10.5 Å². The summed E-state index contributed by atoms with van der Waals surface area (Å²) >= 11 is 3.10. The van der Waals surface area contributed by atoms with Gasteiger partial charge in [0.2, 0.25) is 6.17 Å². The largest absolute Gasteiger partial charge is 0.506 e. The summed E-state index contributed by atoms with van der Waals surface area (Å²) < 4.78 is 23.7. The second kappa shape index (κ2) is 6.72. The van der Waals surface area contributed by atoms with Gasteiger partial charge in [-0.15, -0.1) is 0 Å². The van der Waals surface area contributed by atoms with Crippen LogP contribution in [0.15, 0.2) is 16.6 Å². The summed E-state index contributed by atoms with van der Waals surface area (Å²) in [6, 6.07) is 1.53. The van der Waals surface area contributed by atoms with Crippen LogP contribution in [0.25, 0.3) is 0 Å². The molecule has 0 aliphatic heterocycles. The average molecular weight is 336 g/mol. The number of nitrogens with two attached hydrogens (primary N) is 1. The molecule has 0 radical (unpaired) electrons. The van der Waals surface area contributed by atoms with Gasteiger partial charge in [0.1, 0.15) is 11.5 Å². The monoisotopic (exact) mass is 335 g/mol. The molecule has 0 spiro atoms. The summed E-state index contributed by atoms with van der Waals surface area (Å²) in [6.45, 7) is 1.62. The SMILES string of the molecule is CCOC(=O)C(F)[C@@H](N)c1cc(OC)cc(Br)c1O. The van der Waals surface area contributed by atoms with Crippen molar-refractivity contribution in [1.29, 1.82) is 0 Å². The van der Waals surface area contributed by atoms with Crippen LogP contribution in [-0.2, 0) is 9.53 Å². The standard InChI is InChI=1S/C12H15BrFNO4/c1-3-19-12(17)9(14)10(15)7-4-6(18-2)5-8(13)11(7)16/h4-5,9-10,16H,3,15H2,1-2H3/t9?,10-/m0/s1. The predicted molar refractivity (Wildman–Crippen MR) is 70.8 cm³/mol. The maximum Gasteiger partial charge on any atom is 0.342 e. The molecular weight excluding hydrogens is 321 g/mol. The number of alkyl halides is 1. The molecule has 1 aromatic rings. The fraction of sp³-hybridized carbons (Fsp3) is 0.417. The summed E-state index contributed by atoms with van der Waals surface area (Å²) in [5.74, 6) is -0.917. The quantitative estimate of drug-likeness (QED) is 0.805. The number of hydrogen-bond donors (Lipinski definition) is 2. The number of ether oxygens (including phenoxy) is 2. The number of phenols is 1. The lowest BCUT2D eigenvalue weighted by Gasteiger charge is -2.18. The van der Waals surface area contributed by atoms with Gasteiger partial charge in [-0.3, -0.25) is 0 Å². The lowest BCUT2D eigenvalue weighted by molar-refractivity contribution is -0.149. The third kappa shape index (κ3) is 3.57. The maximum atomic E-state index is 13.8. The van der Waals surface area contributed by atoms with Gasteiger partial charge in [0.25, 0.3) is 0 Å². The normalized spacial score (nSPS) is 13.7. The molecule has 0 bridgehead atoms. The summed E-state index contributed by atoms with van der Waals surface area (Å²) in [5, 5.41) is 9.85. The lowest BCUT2D eigenvalue weighted by atomic mass is 10.0. The van der Waals surface area contributed by atoms with E-state index in [0.29, 0.717) is 10.2 Å². The molecule has 19 heavy (non-hydrogen) atoms. The van der Waals surface area contributed by atoms with Gasteiger partial charge in [-0.25, -0.2) is 9.18 Å². The van der Waals surface area contributed by atoms with Crippen molar-refractivity contribution in [3.8, 4) is 11.5 Å². The molecular formula is C12H15BrFNO4. The molecule has 0 saturated heterocycles. The zero-order chi connectivity index (χ0) is 14.6. The Bertz CT molecular complexity index is 469. The first-order valence-electron chi connectivity index (χ1n) is 5.55. The van der Waals surface area contributed by atoms with Crippen molar-refractivity contribution in [3.63, 3.8) is 0 Å². The van der Waals surface area contributed by atoms with Crippen LogP contribution in [0.4, 0.5) is 4.39 Å². The Morgan fingerprint density at radius 1 is 1.58 bits per heavy atom. The Balaban J connectivity index is 3.07. The van der Waals surface area contributed by atoms with Crippen LogP contribution >= 0.6 is 15.9 Å². The first kappa shape index (κ1) is 15.7. The fourth-order valence-electron chi connectivity index (χ4n) is 1.49. The average Bonchev–Trinajstić information content (AvgIpc) is 2.40. The topological polar surface area (TPSA) is 81.8 Å². The van der Waals surface area contributed by atoms with Gasteiger partial charge in [-0.1, -0.05) is 0 Å². The number of halogens is 2. The molecule has 1 unspecified atom stereocenters. The molecule has 0 fully saturated rings. The molecule has 0 saturated carbocycles. The van der Waals surface area contributed by atoms with E-state index >= 15 is 0 Å². The highest BCUT2D eigenvalue weighted by Gasteiger charge is 2.30. The molecule has 0 aliphatic carbocycles. The molecule has 106 valence electrons. The van der Waals surface area contributed by atoms with Crippen LogP contribution in [0, 0.1) is 0 Å². The Hall–Kier alpha value is -1.34. The minimum Gasteiger partial charge on any atom is -0.506 e. The first-order valence-corrected chi connectivity index (χ1v) is 6.34. The molecule has 0 heterocycles. The summed E-state index contributed by atoms with van der Waals surface area (Å²) in [6.07, 6.45) is -2.06. The fourth-order valence-corrected chi connectivity index (χ4v) is 1.95. The number of benzene rings is 1. The number of carbonyl (C=O) groups excluding carboxylic acids is 1. The number of esters is 1. The molecule has 3 N–H and O–H groups in total. The summed E-state index contributed by atoms with van der Waals surface area (Å²) in [7, 11) is 1.42. The van der Waals surface area contributed by atoms with Gasteiger partial charge in [0, 0.05) is 5.56 Å². The summed E-state index contributed by atoms with van der Waals surface area (Å²) in [4.78, 5) is 11.3. The number of hydrogen-bond acceptors (Lipinski definition) is 5. The molecule has 1 aromatic carbocycles. The Kier molecular flexibility index (Phi) is 5.56. The van der Waals surface area contributed by atoms with E-state index in [2.05, 4.69) is 20.7 Å². The van der Waals surface area contributed by atoms with Crippen LogP contribution in [0.1, 0.15) is 18.5 Å². The minimum absolute atomic E-state index is 0.0553. The van der Waals surface area contributed by atoms with Crippen LogP contribution in [0.2, 0.25) is 0 Å². The van der Waals surface area contributed by atoms with E-state index in [9.17, 15) is 14.3 Å². The van der Waals surface area contributed by atoms with E-state index in [0.717, 1.165) is 0 Å². The highest BCUT2D eigenvalue weighted by molar-refractivity contribution is 9.10. The number of rotatable bonds is 5. The molecule has 1 rings (SSSR count). The highest BCUT2D eigenvalue weighted by atomic mass is 79.9. The molecule has 0 aliphatic rings. The molecule has 7 heteroatoms. The van der Waals surface area contributed by atoms with Crippen molar-refractivity contribution in [2.75, 3.05) is 13.7 Å². The number of phenolic OH excluding ortho intramolecular Hbond substituents is 1. The van der Waals surface area contributed by atoms with Crippen LogP contribution in [-0.4, -0.2) is 31.0 Å². The molecule has 0 aromatic heterocycles. The Labute approximate surface area is 118 Å². The van der Waals surface area contributed by atoms with Crippen molar-refractivity contribution in [3.05, 3.63) is 22.2 Å². The van der Waals surface area contributed by atoms with Crippen LogP contribution < -0.4 is 10.5 Å². The first-order chi connectivity index (χ1) is 8.92. The Morgan fingerprint density at radius 3 is 2.74 bits per heavy atom.